The van der Waals surface area contributed by atoms with Crippen LogP contribution in [0.25, 0.3) is 0 Å². The lowest BCUT2D eigenvalue weighted by Crippen LogP contribution is -2.14. The number of aromatic amines is 1. The summed E-state index contributed by atoms with van der Waals surface area (Å²) in [6.45, 7) is 4.57. The van der Waals surface area contributed by atoms with E-state index in [2.05, 4.69) is 12.0 Å². The minimum absolute atomic E-state index is 0.0548. The Morgan fingerprint density at radius 2 is 2.23 bits per heavy atom. The molecule has 0 aromatic carbocycles. The van der Waals surface area contributed by atoms with Crippen LogP contribution in [-0.4, -0.2) is 16.3 Å². The van der Waals surface area contributed by atoms with E-state index in [1.165, 1.54) is 4.68 Å². The molecule has 4 nitrogen and oxygen atoms in total. The predicted molar refractivity (Wildman–Crippen MR) is 52.7 cm³/mol. The zero-order valence-corrected chi connectivity index (χ0v) is 8.42. The van der Waals surface area contributed by atoms with E-state index >= 15 is 0 Å². The number of aryl methyl sites for hydroxylation is 1. The zero-order chi connectivity index (χ0) is 10.0. The maximum Gasteiger partial charge on any atom is 0.269 e. The van der Waals surface area contributed by atoms with E-state index in [1.54, 1.807) is 7.05 Å². The summed E-state index contributed by atoms with van der Waals surface area (Å²) < 4.78 is 1.51. The van der Waals surface area contributed by atoms with Crippen molar-refractivity contribution in [2.24, 2.45) is 18.7 Å². The Morgan fingerprint density at radius 1 is 1.62 bits per heavy atom. The van der Waals surface area contributed by atoms with E-state index in [4.69, 9.17) is 5.73 Å². The molecule has 3 N–H and O–H groups in total. The van der Waals surface area contributed by atoms with Gasteiger partial charge >= 0.3 is 0 Å². The summed E-state index contributed by atoms with van der Waals surface area (Å²) in [7, 11) is 1.73. The van der Waals surface area contributed by atoms with E-state index in [-0.39, 0.29) is 5.56 Å². The molecule has 1 atom stereocenters. The number of rotatable bonds is 3. The van der Waals surface area contributed by atoms with Gasteiger partial charge in [-0.05, 0) is 25.8 Å². The second kappa shape index (κ2) is 3.79. The molecule has 0 spiro atoms. The first-order valence-electron chi connectivity index (χ1n) is 4.50. The Bertz CT molecular complexity index is 337. The first kappa shape index (κ1) is 10.1. The van der Waals surface area contributed by atoms with E-state index in [0.29, 0.717) is 12.5 Å². The monoisotopic (exact) mass is 183 g/mol. The van der Waals surface area contributed by atoms with Crippen molar-refractivity contribution in [1.29, 1.82) is 0 Å². The normalized spacial score (nSPS) is 13.2. The highest BCUT2D eigenvalue weighted by molar-refractivity contribution is 5.15. The van der Waals surface area contributed by atoms with Crippen LogP contribution in [0.4, 0.5) is 0 Å². The molecule has 0 saturated carbocycles. The van der Waals surface area contributed by atoms with Gasteiger partial charge in [0.1, 0.15) is 0 Å². The third kappa shape index (κ3) is 2.01. The summed E-state index contributed by atoms with van der Waals surface area (Å²) in [6.07, 6.45) is 0.846. The number of H-pyrrole nitrogens is 1. The van der Waals surface area contributed by atoms with Gasteiger partial charge < -0.3 is 5.73 Å². The second-order valence-corrected chi connectivity index (χ2v) is 3.62. The minimum atomic E-state index is 0.0548. The third-order valence-electron chi connectivity index (χ3n) is 2.34. The van der Waals surface area contributed by atoms with Crippen LogP contribution in [0.5, 0.6) is 0 Å². The van der Waals surface area contributed by atoms with Crippen LogP contribution in [0.15, 0.2) is 4.79 Å². The largest absolute Gasteiger partial charge is 0.330 e. The lowest BCUT2D eigenvalue weighted by molar-refractivity contribution is 0.574. The van der Waals surface area contributed by atoms with Crippen molar-refractivity contribution in [3.05, 3.63) is 21.6 Å². The van der Waals surface area contributed by atoms with Crippen LogP contribution in [0.1, 0.15) is 18.2 Å². The molecule has 13 heavy (non-hydrogen) atoms. The number of nitrogens with two attached hydrogens (primary N) is 1. The van der Waals surface area contributed by atoms with Crippen molar-refractivity contribution < 1.29 is 0 Å². The van der Waals surface area contributed by atoms with Gasteiger partial charge in [-0.3, -0.25) is 14.6 Å². The summed E-state index contributed by atoms with van der Waals surface area (Å²) >= 11 is 0. The molecule has 1 unspecified atom stereocenters. The molecule has 0 saturated heterocycles. The molecule has 1 heterocycles. The highest BCUT2D eigenvalue weighted by Crippen LogP contribution is 2.06. The maximum atomic E-state index is 11.4. The van der Waals surface area contributed by atoms with E-state index in [1.807, 2.05) is 6.92 Å². The summed E-state index contributed by atoms with van der Waals surface area (Å²) in [5, 5.41) is 3.03. The van der Waals surface area contributed by atoms with Gasteiger partial charge in [0.05, 0.1) is 0 Å². The van der Waals surface area contributed by atoms with Gasteiger partial charge in [-0.25, -0.2) is 0 Å². The van der Waals surface area contributed by atoms with Crippen molar-refractivity contribution in [2.75, 3.05) is 6.54 Å². The Morgan fingerprint density at radius 3 is 2.62 bits per heavy atom. The fourth-order valence-corrected chi connectivity index (χ4v) is 1.35. The number of nitrogens with zero attached hydrogens (tertiary/aromatic N) is 1. The molecule has 4 heteroatoms. The molecule has 74 valence electrons. The van der Waals surface area contributed by atoms with E-state index in [0.717, 1.165) is 17.7 Å². The van der Waals surface area contributed by atoms with Gasteiger partial charge in [-0.2, -0.15) is 0 Å². The van der Waals surface area contributed by atoms with Crippen LogP contribution < -0.4 is 11.3 Å². The van der Waals surface area contributed by atoms with Crippen LogP contribution in [-0.2, 0) is 13.5 Å². The molecule has 1 aromatic heterocycles. The van der Waals surface area contributed by atoms with E-state index in [9.17, 15) is 4.79 Å². The first-order valence-corrected chi connectivity index (χ1v) is 4.50. The van der Waals surface area contributed by atoms with Crippen molar-refractivity contribution >= 4 is 0 Å². The Labute approximate surface area is 77.7 Å². The van der Waals surface area contributed by atoms with Crippen LogP contribution in [0.3, 0.4) is 0 Å². The number of nitrogens with one attached hydrogen (secondary N) is 1. The lowest BCUT2D eigenvalue weighted by Gasteiger charge is -2.06. The lowest BCUT2D eigenvalue weighted by atomic mass is 10.0. The standard InChI is InChI=1S/C9H17N3O/c1-6(5-10)4-8-7(2)9(13)12(3)11-8/h6,11H,4-5,10H2,1-3H3. The van der Waals surface area contributed by atoms with Gasteiger partial charge in [-0.15, -0.1) is 0 Å². The van der Waals surface area contributed by atoms with Crippen molar-refractivity contribution in [3.63, 3.8) is 0 Å². The quantitative estimate of drug-likeness (QED) is 0.701. The predicted octanol–water partition coefficient (Wildman–Crippen LogP) is 0.159. The van der Waals surface area contributed by atoms with Gasteiger partial charge in [0, 0.05) is 18.3 Å². The molecule has 0 fully saturated rings. The second-order valence-electron chi connectivity index (χ2n) is 3.62. The molecule has 0 aliphatic carbocycles. The summed E-state index contributed by atoms with van der Waals surface area (Å²) in [5.41, 5.74) is 7.38. The van der Waals surface area contributed by atoms with Crippen LogP contribution >= 0.6 is 0 Å². The molecule has 0 aliphatic rings. The van der Waals surface area contributed by atoms with E-state index < -0.39 is 0 Å². The molecule has 0 bridgehead atoms. The van der Waals surface area contributed by atoms with Gasteiger partial charge in [0.2, 0.25) is 0 Å². The summed E-state index contributed by atoms with van der Waals surface area (Å²) in [5.74, 6) is 0.414. The molecule has 1 aromatic rings. The van der Waals surface area contributed by atoms with Crippen molar-refractivity contribution in [1.82, 2.24) is 9.78 Å². The number of hydrogen-bond acceptors (Lipinski definition) is 2. The fraction of sp³-hybridized carbons (Fsp3) is 0.667. The average Bonchev–Trinajstić information content (AvgIpc) is 2.34. The summed E-state index contributed by atoms with van der Waals surface area (Å²) in [6, 6.07) is 0. The SMILES string of the molecule is Cc1c(CC(C)CN)[nH]n(C)c1=O. The fourth-order valence-electron chi connectivity index (χ4n) is 1.35. The molecular weight excluding hydrogens is 166 g/mol. The van der Waals surface area contributed by atoms with Crippen LogP contribution in [0.2, 0.25) is 0 Å². The summed E-state index contributed by atoms with van der Waals surface area (Å²) in [4.78, 5) is 11.4. The van der Waals surface area contributed by atoms with Crippen molar-refractivity contribution in [3.8, 4) is 0 Å². The first-order chi connectivity index (χ1) is 6.06. The zero-order valence-electron chi connectivity index (χ0n) is 8.42. The molecule has 0 amide bonds. The van der Waals surface area contributed by atoms with Gasteiger partial charge in [0.25, 0.3) is 5.56 Å². The number of hydrogen-bond donors (Lipinski definition) is 2. The van der Waals surface area contributed by atoms with Crippen molar-refractivity contribution in [2.45, 2.75) is 20.3 Å². The topological polar surface area (TPSA) is 63.8 Å². The smallest absolute Gasteiger partial charge is 0.269 e. The Kier molecular flexibility index (Phi) is 2.93. The van der Waals surface area contributed by atoms with Gasteiger partial charge in [-0.1, -0.05) is 6.92 Å². The molecule has 1 rings (SSSR count). The molecule has 0 radical (unpaired) electrons. The minimum Gasteiger partial charge on any atom is -0.330 e. The average molecular weight is 183 g/mol. The van der Waals surface area contributed by atoms with Gasteiger partial charge in [0.15, 0.2) is 0 Å². The molecular formula is C9H17N3O. The number of aromatic nitrogens is 2. The third-order valence-corrected chi connectivity index (χ3v) is 2.34. The molecule has 0 aliphatic heterocycles. The highest BCUT2D eigenvalue weighted by atomic mass is 16.1. The Balaban J connectivity index is 2.90. The van der Waals surface area contributed by atoms with Crippen LogP contribution in [0, 0.1) is 12.8 Å². The Hall–Kier alpha value is -1.03. The highest BCUT2D eigenvalue weighted by Gasteiger charge is 2.09. The maximum absolute atomic E-state index is 11.4.